The van der Waals surface area contributed by atoms with Crippen molar-refractivity contribution >= 4 is 28.1 Å². The number of aliphatic hydroxyl groups excluding tert-OH is 1. The van der Waals surface area contributed by atoms with E-state index in [0.29, 0.717) is 39.9 Å². The van der Waals surface area contributed by atoms with Gasteiger partial charge in [0.2, 0.25) is 0 Å². The van der Waals surface area contributed by atoms with Gasteiger partial charge < -0.3 is 26.6 Å². The summed E-state index contributed by atoms with van der Waals surface area (Å²) in [6.07, 6.45) is 0. The number of hydrogen-bond donors (Lipinski definition) is 5. The molecule has 0 aliphatic carbocycles. The highest BCUT2D eigenvalue weighted by molar-refractivity contribution is 7.19. The molecule has 0 unspecified atom stereocenters. The van der Waals surface area contributed by atoms with Gasteiger partial charge in [0.15, 0.2) is 0 Å². The predicted octanol–water partition coefficient (Wildman–Crippen LogP) is 3.10. The molecule has 2 heterocycles. The molecule has 0 atom stereocenters. The Morgan fingerprint density at radius 3 is 2.68 bits per heavy atom. The number of aliphatic hydroxyl groups is 2. The van der Waals surface area contributed by atoms with Crippen LogP contribution in [-0.2, 0) is 12.1 Å². The molecule has 7 nitrogen and oxygen atoms in total. The number of amides is 1. The van der Waals surface area contributed by atoms with Crippen molar-refractivity contribution in [3.63, 3.8) is 0 Å². The molecular formula is C22H25FN4O3S. The van der Waals surface area contributed by atoms with Gasteiger partial charge in [-0.05, 0) is 43.7 Å². The first-order valence-corrected chi connectivity index (χ1v) is 10.5. The van der Waals surface area contributed by atoms with Crippen LogP contribution in [0.15, 0.2) is 42.5 Å². The highest BCUT2D eigenvalue weighted by atomic mass is 32.1. The lowest BCUT2D eigenvalue weighted by molar-refractivity contribution is 0.0782. The molecular weight excluding hydrogens is 419 g/mol. The van der Waals surface area contributed by atoms with E-state index >= 15 is 0 Å². The fourth-order valence-electron chi connectivity index (χ4n) is 2.95. The topological polar surface area (TPSA) is 120 Å². The zero-order valence-corrected chi connectivity index (χ0v) is 18.1. The van der Waals surface area contributed by atoms with Gasteiger partial charge in [0.1, 0.15) is 16.6 Å². The largest absolute Gasteiger partial charge is 0.395 e. The van der Waals surface area contributed by atoms with E-state index in [1.54, 1.807) is 38.1 Å². The summed E-state index contributed by atoms with van der Waals surface area (Å²) in [5, 5.41) is 25.6. The van der Waals surface area contributed by atoms with E-state index in [-0.39, 0.29) is 12.2 Å². The van der Waals surface area contributed by atoms with E-state index < -0.39 is 17.3 Å². The molecule has 0 saturated heterocycles. The predicted molar refractivity (Wildman–Crippen MR) is 120 cm³/mol. The molecule has 9 heteroatoms. The van der Waals surface area contributed by atoms with E-state index in [0.717, 1.165) is 5.69 Å². The molecule has 1 aromatic carbocycles. The van der Waals surface area contributed by atoms with E-state index in [2.05, 4.69) is 15.6 Å². The van der Waals surface area contributed by atoms with Crippen molar-refractivity contribution in [2.75, 3.05) is 18.5 Å². The Labute approximate surface area is 183 Å². The maximum absolute atomic E-state index is 14.8. The first-order valence-electron chi connectivity index (χ1n) is 9.70. The number of thiophene rings is 1. The summed E-state index contributed by atoms with van der Waals surface area (Å²) in [5.41, 5.74) is 6.12. The number of nitrogens with zero attached hydrogens (tertiary/aromatic N) is 1. The number of hydrogen-bond acceptors (Lipinski definition) is 7. The van der Waals surface area contributed by atoms with Gasteiger partial charge in [-0.15, -0.1) is 11.3 Å². The number of carbonyl (C=O) groups excluding carboxylic acids is 1. The Balaban J connectivity index is 1.90. The van der Waals surface area contributed by atoms with E-state index in [4.69, 9.17) is 10.8 Å². The van der Waals surface area contributed by atoms with Crippen LogP contribution in [0, 0.1) is 5.82 Å². The Kier molecular flexibility index (Phi) is 7.01. The lowest BCUT2D eigenvalue weighted by Gasteiger charge is -2.18. The fourth-order valence-corrected chi connectivity index (χ4v) is 4.05. The summed E-state index contributed by atoms with van der Waals surface area (Å²) < 4.78 is 14.8. The van der Waals surface area contributed by atoms with Crippen molar-refractivity contribution in [2.24, 2.45) is 5.73 Å². The summed E-state index contributed by atoms with van der Waals surface area (Å²) in [5.74, 6) is -0.630. The number of aromatic nitrogens is 1. The number of nitrogens with one attached hydrogen (secondary N) is 2. The average molecular weight is 445 g/mol. The minimum Gasteiger partial charge on any atom is -0.395 e. The molecule has 0 aliphatic rings. The van der Waals surface area contributed by atoms with Crippen LogP contribution >= 0.6 is 11.3 Å². The van der Waals surface area contributed by atoms with Crippen LogP contribution in [0.5, 0.6) is 0 Å². The molecule has 164 valence electrons. The highest BCUT2D eigenvalue weighted by Crippen LogP contribution is 2.38. The smallest absolute Gasteiger partial charge is 0.251 e. The molecule has 0 radical (unpaired) electrons. The van der Waals surface area contributed by atoms with Gasteiger partial charge in [0.25, 0.3) is 5.91 Å². The first-order chi connectivity index (χ1) is 14.7. The normalized spacial score (nSPS) is 11.5. The van der Waals surface area contributed by atoms with Gasteiger partial charge in [-0.1, -0.05) is 18.2 Å². The molecule has 0 aliphatic heterocycles. The van der Waals surface area contributed by atoms with Crippen LogP contribution in [-0.4, -0.2) is 34.3 Å². The SMILES string of the molecule is CC(C)(O)c1ccc(-c2cc(C(N)=O)c(Nc3cccc(CNCCO)n3)s2)c(F)c1. The first kappa shape index (κ1) is 22.8. The van der Waals surface area contributed by atoms with Crippen LogP contribution in [0.1, 0.15) is 35.5 Å². The number of nitrogens with two attached hydrogens (primary N) is 1. The quantitative estimate of drug-likeness (QED) is 0.324. The van der Waals surface area contributed by atoms with Crippen molar-refractivity contribution < 1.29 is 19.4 Å². The van der Waals surface area contributed by atoms with Crippen molar-refractivity contribution in [1.82, 2.24) is 10.3 Å². The Morgan fingerprint density at radius 2 is 2.03 bits per heavy atom. The number of benzene rings is 1. The maximum Gasteiger partial charge on any atom is 0.251 e. The zero-order chi connectivity index (χ0) is 22.6. The lowest BCUT2D eigenvalue weighted by Crippen LogP contribution is -2.18. The summed E-state index contributed by atoms with van der Waals surface area (Å²) in [6, 6.07) is 11.5. The van der Waals surface area contributed by atoms with E-state index in [9.17, 15) is 14.3 Å². The molecule has 3 rings (SSSR count). The Morgan fingerprint density at radius 1 is 1.26 bits per heavy atom. The van der Waals surface area contributed by atoms with Gasteiger partial charge in [0.05, 0.1) is 23.5 Å². The number of primary amides is 1. The van der Waals surface area contributed by atoms with Crippen LogP contribution in [0.3, 0.4) is 0 Å². The van der Waals surface area contributed by atoms with E-state index in [1.807, 2.05) is 12.1 Å². The van der Waals surface area contributed by atoms with Crippen LogP contribution in [0.25, 0.3) is 10.4 Å². The van der Waals surface area contributed by atoms with Crippen LogP contribution in [0.4, 0.5) is 15.2 Å². The number of rotatable bonds is 9. The van der Waals surface area contributed by atoms with Gasteiger partial charge in [-0.3, -0.25) is 4.79 Å². The second kappa shape index (κ2) is 9.52. The summed E-state index contributed by atoms with van der Waals surface area (Å²) in [6.45, 7) is 4.14. The summed E-state index contributed by atoms with van der Waals surface area (Å²) in [7, 11) is 0. The summed E-state index contributed by atoms with van der Waals surface area (Å²) in [4.78, 5) is 17.0. The number of anilines is 2. The standard InChI is InChI=1S/C22H25FN4O3S/c1-22(2,30)13-6-7-15(17(23)10-13)18-11-16(20(24)29)21(31-18)27-19-5-3-4-14(26-19)12-25-8-9-28/h3-7,10-11,25,28,30H,8-9,12H2,1-2H3,(H2,24,29)(H,26,27). The van der Waals surface area contributed by atoms with Crippen molar-refractivity contribution in [3.05, 3.63) is 65.1 Å². The van der Waals surface area contributed by atoms with Crippen molar-refractivity contribution in [2.45, 2.75) is 26.0 Å². The minimum atomic E-state index is -1.16. The highest BCUT2D eigenvalue weighted by Gasteiger charge is 2.21. The number of carbonyl (C=O) groups is 1. The number of pyridine rings is 1. The van der Waals surface area contributed by atoms with Crippen molar-refractivity contribution in [3.8, 4) is 10.4 Å². The lowest BCUT2D eigenvalue weighted by atomic mass is 9.96. The second-order valence-corrected chi connectivity index (χ2v) is 8.56. The van der Waals surface area contributed by atoms with Crippen LogP contribution < -0.4 is 16.4 Å². The third-order valence-corrected chi connectivity index (χ3v) is 5.67. The van der Waals surface area contributed by atoms with Gasteiger partial charge in [-0.25, -0.2) is 9.37 Å². The average Bonchev–Trinajstić information content (AvgIpc) is 3.11. The van der Waals surface area contributed by atoms with Crippen LogP contribution in [0.2, 0.25) is 0 Å². The zero-order valence-electron chi connectivity index (χ0n) is 17.3. The molecule has 0 bridgehead atoms. The van der Waals surface area contributed by atoms with Gasteiger partial charge >= 0.3 is 0 Å². The molecule has 3 aromatic rings. The molecule has 31 heavy (non-hydrogen) atoms. The second-order valence-electron chi connectivity index (χ2n) is 7.51. The maximum atomic E-state index is 14.8. The fraction of sp³-hybridized carbons (Fsp3) is 0.273. The molecule has 0 fully saturated rings. The van der Waals surface area contributed by atoms with Gasteiger partial charge in [0, 0.05) is 23.5 Å². The number of halogens is 1. The molecule has 6 N–H and O–H groups in total. The molecule has 2 aromatic heterocycles. The van der Waals surface area contributed by atoms with Crippen molar-refractivity contribution in [1.29, 1.82) is 0 Å². The minimum absolute atomic E-state index is 0.0330. The third-order valence-electron chi connectivity index (χ3n) is 4.58. The Bertz CT molecular complexity index is 1080. The monoisotopic (exact) mass is 444 g/mol. The molecule has 1 amide bonds. The van der Waals surface area contributed by atoms with E-state index in [1.165, 1.54) is 17.4 Å². The van der Waals surface area contributed by atoms with Gasteiger partial charge in [-0.2, -0.15) is 0 Å². The summed E-state index contributed by atoms with van der Waals surface area (Å²) >= 11 is 1.19. The molecule has 0 saturated carbocycles. The Hall–Kier alpha value is -2.85. The third kappa shape index (κ3) is 5.65. The molecule has 0 spiro atoms.